The van der Waals surface area contributed by atoms with Crippen LogP contribution in [-0.4, -0.2) is 66.1 Å². The van der Waals surface area contributed by atoms with E-state index in [1.54, 1.807) is 0 Å². The molecule has 10 heteroatoms. The van der Waals surface area contributed by atoms with E-state index in [1.807, 2.05) is 12.4 Å². The molecule has 0 bridgehead atoms. The van der Waals surface area contributed by atoms with Crippen LogP contribution in [0.4, 0.5) is 19.1 Å². The zero-order valence-electron chi connectivity index (χ0n) is 14.5. The molecule has 2 aliphatic heterocycles. The van der Waals surface area contributed by atoms with Crippen LogP contribution in [0, 0.1) is 5.92 Å². The number of ether oxygens (including phenoxy) is 1. The number of carbonyl (C=O) groups is 1. The summed E-state index contributed by atoms with van der Waals surface area (Å²) in [6.45, 7) is 6.86. The topological polar surface area (TPSA) is 87.6 Å². The lowest BCUT2D eigenvalue weighted by molar-refractivity contribution is -0.192. The van der Waals surface area contributed by atoms with Gasteiger partial charge in [0.05, 0.1) is 12.7 Å². The summed E-state index contributed by atoms with van der Waals surface area (Å²) in [4.78, 5) is 20.2. The number of halogens is 3. The van der Waals surface area contributed by atoms with Gasteiger partial charge in [0.15, 0.2) is 0 Å². The minimum absolute atomic E-state index is 0.355. The molecule has 3 rings (SSSR count). The molecule has 2 fully saturated rings. The monoisotopic (exact) mass is 376 g/mol. The Hall–Kier alpha value is -1.94. The zero-order chi connectivity index (χ0) is 19.2. The Kier molecular flexibility index (Phi) is 7.15. The van der Waals surface area contributed by atoms with Gasteiger partial charge >= 0.3 is 12.1 Å². The van der Waals surface area contributed by atoms with Crippen LogP contribution in [-0.2, 0) is 16.0 Å². The maximum absolute atomic E-state index is 10.6. The Labute approximate surface area is 149 Å². The van der Waals surface area contributed by atoms with E-state index in [0.29, 0.717) is 12.0 Å². The van der Waals surface area contributed by atoms with Crippen LogP contribution in [0.3, 0.4) is 0 Å². The largest absolute Gasteiger partial charge is 0.490 e. The van der Waals surface area contributed by atoms with Crippen molar-refractivity contribution < 1.29 is 27.8 Å². The molecule has 7 nitrogen and oxygen atoms in total. The predicted molar refractivity (Wildman–Crippen MR) is 88.0 cm³/mol. The Balaban J connectivity index is 0.000000298. The standard InChI is InChI=1S/C14H22N4O.C2HF3O2/c1-2-11-7-16-14(17-8-11)18-5-6-19-13-9-15-4-3-12(13)10-18;3-2(4,5)1(6)7/h7-8,12-13,15H,2-6,9-10H2,1H3;(H,6,7)/t12-,13-;/m1./s1. The Morgan fingerprint density at radius 3 is 2.65 bits per heavy atom. The second kappa shape index (κ2) is 9.13. The molecule has 2 N–H and O–H groups in total. The number of alkyl halides is 3. The van der Waals surface area contributed by atoms with Gasteiger partial charge in [-0.25, -0.2) is 14.8 Å². The van der Waals surface area contributed by atoms with Crippen molar-refractivity contribution in [2.75, 3.05) is 37.7 Å². The van der Waals surface area contributed by atoms with Gasteiger partial charge in [-0.15, -0.1) is 0 Å². The molecule has 26 heavy (non-hydrogen) atoms. The number of nitrogens with zero attached hydrogens (tertiary/aromatic N) is 3. The number of anilines is 1. The molecule has 0 aromatic carbocycles. The summed E-state index contributed by atoms with van der Waals surface area (Å²) in [5.74, 6) is -1.31. The molecule has 0 saturated carbocycles. The third-order valence-electron chi connectivity index (χ3n) is 4.34. The van der Waals surface area contributed by atoms with Crippen molar-refractivity contribution in [1.29, 1.82) is 0 Å². The number of piperidine rings is 1. The van der Waals surface area contributed by atoms with Crippen molar-refractivity contribution in [3.8, 4) is 0 Å². The fourth-order valence-corrected chi connectivity index (χ4v) is 2.85. The summed E-state index contributed by atoms with van der Waals surface area (Å²) in [7, 11) is 0. The highest BCUT2D eigenvalue weighted by Crippen LogP contribution is 2.22. The summed E-state index contributed by atoms with van der Waals surface area (Å²) in [5.41, 5.74) is 1.19. The number of carboxylic acids is 1. The van der Waals surface area contributed by atoms with Crippen LogP contribution in [0.2, 0.25) is 0 Å². The van der Waals surface area contributed by atoms with Gasteiger partial charge in [-0.05, 0) is 24.9 Å². The number of rotatable bonds is 2. The maximum atomic E-state index is 10.6. The number of hydrogen-bond acceptors (Lipinski definition) is 6. The highest BCUT2D eigenvalue weighted by Gasteiger charge is 2.38. The molecule has 3 heterocycles. The molecule has 0 radical (unpaired) electrons. The van der Waals surface area contributed by atoms with Crippen molar-refractivity contribution in [3.05, 3.63) is 18.0 Å². The van der Waals surface area contributed by atoms with Crippen LogP contribution in [0.5, 0.6) is 0 Å². The van der Waals surface area contributed by atoms with Crippen LogP contribution < -0.4 is 10.2 Å². The number of aryl methyl sites for hydroxylation is 1. The minimum atomic E-state index is -5.08. The smallest absolute Gasteiger partial charge is 0.475 e. The van der Waals surface area contributed by atoms with Gasteiger partial charge in [0.25, 0.3) is 0 Å². The highest BCUT2D eigenvalue weighted by atomic mass is 19.4. The van der Waals surface area contributed by atoms with Gasteiger partial charge in [0, 0.05) is 37.9 Å². The number of aromatic nitrogens is 2. The van der Waals surface area contributed by atoms with Crippen LogP contribution >= 0.6 is 0 Å². The van der Waals surface area contributed by atoms with E-state index >= 15 is 0 Å². The Morgan fingerprint density at radius 2 is 2.08 bits per heavy atom. The first-order valence-corrected chi connectivity index (χ1v) is 8.49. The van der Waals surface area contributed by atoms with E-state index in [-0.39, 0.29) is 0 Å². The predicted octanol–water partition coefficient (Wildman–Crippen LogP) is 1.49. The molecular weight excluding hydrogens is 353 g/mol. The van der Waals surface area contributed by atoms with E-state index in [1.165, 1.54) is 12.0 Å². The Bertz CT molecular complexity index is 583. The fourth-order valence-electron chi connectivity index (χ4n) is 2.85. The normalized spacial score (nSPS) is 23.3. The second-order valence-corrected chi connectivity index (χ2v) is 6.16. The molecule has 0 amide bonds. The van der Waals surface area contributed by atoms with Gasteiger partial charge in [0.1, 0.15) is 0 Å². The average molecular weight is 376 g/mol. The van der Waals surface area contributed by atoms with Gasteiger partial charge in [-0.2, -0.15) is 13.2 Å². The number of fused-ring (bicyclic) bond motifs is 1. The first kappa shape index (κ1) is 20.4. The maximum Gasteiger partial charge on any atom is 0.490 e. The second-order valence-electron chi connectivity index (χ2n) is 6.16. The van der Waals surface area contributed by atoms with E-state index in [2.05, 4.69) is 27.1 Å². The molecular formula is C16H23F3N4O3. The number of nitrogens with one attached hydrogen (secondary N) is 1. The molecule has 2 aliphatic rings. The van der Waals surface area contributed by atoms with Crippen LogP contribution in [0.25, 0.3) is 0 Å². The number of aliphatic carboxylic acids is 1. The Morgan fingerprint density at radius 1 is 1.42 bits per heavy atom. The first-order chi connectivity index (χ1) is 12.3. The third-order valence-corrected chi connectivity index (χ3v) is 4.34. The summed E-state index contributed by atoms with van der Waals surface area (Å²) < 4.78 is 37.7. The number of hydrogen-bond donors (Lipinski definition) is 2. The molecule has 1 aromatic heterocycles. The van der Waals surface area contributed by atoms with Crippen molar-refractivity contribution >= 4 is 11.9 Å². The molecule has 1 aromatic rings. The van der Waals surface area contributed by atoms with Gasteiger partial charge in [-0.3, -0.25) is 0 Å². The molecule has 0 aliphatic carbocycles. The van der Waals surface area contributed by atoms with Crippen molar-refractivity contribution in [2.45, 2.75) is 32.0 Å². The van der Waals surface area contributed by atoms with E-state index in [0.717, 1.165) is 45.2 Å². The van der Waals surface area contributed by atoms with Crippen LogP contribution in [0.15, 0.2) is 12.4 Å². The van der Waals surface area contributed by atoms with Crippen molar-refractivity contribution in [1.82, 2.24) is 15.3 Å². The van der Waals surface area contributed by atoms with Crippen LogP contribution in [0.1, 0.15) is 18.9 Å². The lowest BCUT2D eigenvalue weighted by Crippen LogP contribution is -2.44. The van der Waals surface area contributed by atoms with E-state index < -0.39 is 12.1 Å². The van der Waals surface area contributed by atoms with Crippen molar-refractivity contribution in [3.63, 3.8) is 0 Å². The fraction of sp³-hybridized carbons (Fsp3) is 0.688. The summed E-state index contributed by atoms with van der Waals surface area (Å²) in [6, 6.07) is 0. The molecule has 2 atom stereocenters. The molecule has 2 saturated heterocycles. The van der Waals surface area contributed by atoms with E-state index in [9.17, 15) is 13.2 Å². The molecule has 146 valence electrons. The highest BCUT2D eigenvalue weighted by molar-refractivity contribution is 5.73. The van der Waals surface area contributed by atoms with Gasteiger partial charge in [-0.1, -0.05) is 6.92 Å². The van der Waals surface area contributed by atoms with Gasteiger partial charge < -0.3 is 20.1 Å². The minimum Gasteiger partial charge on any atom is -0.475 e. The first-order valence-electron chi connectivity index (χ1n) is 8.49. The lowest BCUT2D eigenvalue weighted by atomic mass is 9.95. The SMILES string of the molecule is CCc1cnc(N2CCO[C@@H]3CNCC[C@@H]3C2)nc1.O=C(O)C(F)(F)F. The summed E-state index contributed by atoms with van der Waals surface area (Å²) >= 11 is 0. The van der Waals surface area contributed by atoms with E-state index in [4.69, 9.17) is 14.6 Å². The summed E-state index contributed by atoms with van der Waals surface area (Å²) in [6.07, 6.45) is 1.31. The quantitative estimate of drug-likeness (QED) is 0.809. The molecule has 0 spiro atoms. The summed E-state index contributed by atoms with van der Waals surface area (Å²) in [5, 5.41) is 10.5. The lowest BCUT2D eigenvalue weighted by Gasteiger charge is -2.31. The third kappa shape index (κ3) is 5.80. The van der Waals surface area contributed by atoms with Crippen molar-refractivity contribution in [2.24, 2.45) is 5.92 Å². The number of carboxylic acid groups (broad SMARTS) is 1. The van der Waals surface area contributed by atoms with Gasteiger partial charge in [0.2, 0.25) is 5.95 Å². The zero-order valence-corrected chi connectivity index (χ0v) is 14.5. The average Bonchev–Trinajstić information content (AvgIpc) is 2.84. The molecule has 0 unspecified atom stereocenters.